The van der Waals surface area contributed by atoms with E-state index in [9.17, 15) is 4.79 Å². The molecule has 0 N–H and O–H groups in total. The van der Waals surface area contributed by atoms with Crippen LogP contribution in [0.5, 0.6) is 0 Å². The lowest BCUT2D eigenvalue weighted by Crippen LogP contribution is -2.16. The van der Waals surface area contributed by atoms with Crippen LogP contribution in [0.25, 0.3) is 0 Å². The van der Waals surface area contributed by atoms with Crippen LogP contribution in [0.3, 0.4) is 0 Å². The molecule has 1 atom stereocenters. The van der Waals surface area contributed by atoms with Crippen molar-refractivity contribution in [3.05, 3.63) is 41.5 Å². The fourth-order valence-corrected chi connectivity index (χ4v) is 2.85. The Kier molecular flexibility index (Phi) is 6.91. The first kappa shape index (κ1) is 17.0. The van der Waals surface area contributed by atoms with Gasteiger partial charge in [0.15, 0.2) is 0 Å². The van der Waals surface area contributed by atoms with Gasteiger partial charge in [-0.15, -0.1) is 0 Å². The van der Waals surface area contributed by atoms with Gasteiger partial charge in [0.2, 0.25) is 0 Å². The Morgan fingerprint density at radius 2 is 2.00 bits per heavy atom. The standard InChI is InChI=1S/C19H27O3/c1-3-4-5-8-16-10-12-17(13-11-16)19(20)22-21-18-9-6-7-15(2)14-18/h10-13,15H,3-9,14H2,1-2H3. The van der Waals surface area contributed by atoms with Gasteiger partial charge in [-0.25, -0.2) is 4.79 Å². The fraction of sp³-hybridized carbons (Fsp3) is 0.579. The Hall–Kier alpha value is -1.35. The molecule has 0 amide bonds. The van der Waals surface area contributed by atoms with Gasteiger partial charge in [0, 0.05) is 0 Å². The molecule has 0 aliphatic heterocycles. The SMILES string of the molecule is CCCCCc1ccc(C(=O)OO[C]2CCCC(C)C2)cc1. The zero-order valence-electron chi connectivity index (χ0n) is 13.8. The van der Waals surface area contributed by atoms with Gasteiger partial charge >= 0.3 is 5.97 Å². The Morgan fingerprint density at radius 3 is 2.68 bits per heavy atom. The molecule has 0 spiro atoms. The van der Waals surface area contributed by atoms with E-state index in [1.165, 1.54) is 31.2 Å². The van der Waals surface area contributed by atoms with E-state index in [0.29, 0.717) is 11.5 Å². The third-order valence-electron chi connectivity index (χ3n) is 4.22. The molecule has 3 heteroatoms. The average molecular weight is 303 g/mol. The predicted octanol–water partition coefficient (Wildman–Crippen LogP) is 5.25. The fourth-order valence-electron chi connectivity index (χ4n) is 2.85. The Morgan fingerprint density at radius 1 is 1.23 bits per heavy atom. The minimum absolute atomic E-state index is 0.411. The molecule has 1 saturated carbocycles. The van der Waals surface area contributed by atoms with Gasteiger partial charge in [0.25, 0.3) is 0 Å². The molecule has 2 rings (SSSR count). The van der Waals surface area contributed by atoms with Crippen LogP contribution >= 0.6 is 0 Å². The first-order valence-corrected chi connectivity index (χ1v) is 8.51. The molecule has 3 nitrogen and oxygen atoms in total. The minimum atomic E-state index is -0.411. The van der Waals surface area contributed by atoms with Gasteiger partial charge in [-0.05, 0) is 49.3 Å². The quantitative estimate of drug-likeness (QED) is 0.392. The number of hydrogen-bond donors (Lipinski definition) is 0. The maximum Gasteiger partial charge on any atom is 0.373 e. The summed E-state index contributed by atoms with van der Waals surface area (Å²) in [5.41, 5.74) is 1.81. The van der Waals surface area contributed by atoms with E-state index in [2.05, 4.69) is 13.8 Å². The molecular formula is C19H27O3. The summed E-state index contributed by atoms with van der Waals surface area (Å²) in [6.07, 6.45) is 9.74. The monoisotopic (exact) mass is 303 g/mol. The number of hydrogen-bond acceptors (Lipinski definition) is 3. The van der Waals surface area contributed by atoms with Crippen molar-refractivity contribution < 1.29 is 14.6 Å². The van der Waals surface area contributed by atoms with Crippen molar-refractivity contribution in [2.24, 2.45) is 5.92 Å². The number of rotatable bonds is 7. The van der Waals surface area contributed by atoms with Crippen molar-refractivity contribution in [2.75, 3.05) is 0 Å². The molecule has 1 aliphatic carbocycles. The lowest BCUT2D eigenvalue weighted by molar-refractivity contribution is -0.241. The molecular weight excluding hydrogens is 276 g/mol. The summed E-state index contributed by atoms with van der Waals surface area (Å²) in [7, 11) is 0. The first-order chi connectivity index (χ1) is 10.7. The summed E-state index contributed by atoms with van der Waals surface area (Å²) < 4.78 is 0. The van der Waals surface area contributed by atoms with Gasteiger partial charge in [0.05, 0.1) is 5.56 Å². The van der Waals surface area contributed by atoms with E-state index in [-0.39, 0.29) is 0 Å². The smallest absolute Gasteiger partial charge is 0.292 e. The predicted molar refractivity (Wildman–Crippen MR) is 87.0 cm³/mol. The van der Waals surface area contributed by atoms with Crippen LogP contribution in [-0.4, -0.2) is 5.97 Å². The van der Waals surface area contributed by atoms with Crippen molar-refractivity contribution in [1.82, 2.24) is 0 Å². The van der Waals surface area contributed by atoms with Crippen molar-refractivity contribution in [2.45, 2.75) is 65.2 Å². The second-order valence-electron chi connectivity index (χ2n) is 6.35. The molecule has 1 radical (unpaired) electrons. The number of benzene rings is 1. The van der Waals surface area contributed by atoms with Gasteiger partial charge in [-0.2, -0.15) is 4.89 Å². The molecule has 0 heterocycles. The molecule has 0 aromatic heterocycles. The third kappa shape index (κ3) is 5.45. The molecule has 22 heavy (non-hydrogen) atoms. The zero-order chi connectivity index (χ0) is 15.8. The molecule has 0 bridgehead atoms. The van der Waals surface area contributed by atoms with E-state index >= 15 is 0 Å². The largest absolute Gasteiger partial charge is 0.373 e. The summed E-state index contributed by atoms with van der Waals surface area (Å²) in [5, 5.41) is 0. The summed E-state index contributed by atoms with van der Waals surface area (Å²) in [5.74, 6) is 0.204. The molecule has 121 valence electrons. The Balaban J connectivity index is 1.77. The lowest BCUT2D eigenvalue weighted by atomic mass is 9.89. The van der Waals surface area contributed by atoms with Gasteiger partial charge in [-0.3, -0.25) is 4.89 Å². The molecule has 1 unspecified atom stereocenters. The van der Waals surface area contributed by atoms with E-state index in [1.807, 2.05) is 24.3 Å². The summed E-state index contributed by atoms with van der Waals surface area (Å²) in [6, 6.07) is 7.65. The minimum Gasteiger partial charge on any atom is -0.292 e. The number of carbonyl (C=O) groups excluding carboxylic acids is 1. The number of carbonyl (C=O) groups is 1. The van der Waals surface area contributed by atoms with Crippen molar-refractivity contribution >= 4 is 5.97 Å². The van der Waals surface area contributed by atoms with E-state index in [1.54, 1.807) is 0 Å². The highest BCUT2D eigenvalue weighted by Crippen LogP contribution is 2.31. The molecule has 1 aliphatic rings. The van der Waals surface area contributed by atoms with Crippen molar-refractivity contribution in [3.63, 3.8) is 0 Å². The second-order valence-corrected chi connectivity index (χ2v) is 6.35. The topological polar surface area (TPSA) is 35.5 Å². The maximum atomic E-state index is 12.0. The lowest BCUT2D eigenvalue weighted by Gasteiger charge is -2.23. The summed E-state index contributed by atoms with van der Waals surface area (Å²) in [6.45, 7) is 4.39. The second kappa shape index (κ2) is 8.94. The van der Waals surface area contributed by atoms with Crippen LogP contribution in [0.1, 0.15) is 74.7 Å². The molecule has 1 aromatic carbocycles. The van der Waals surface area contributed by atoms with Crippen LogP contribution in [0.15, 0.2) is 24.3 Å². The zero-order valence-corrected chi connectivity index (χ0v) is 13.8. The number of aryl methyl sites for hydroxylation is 1. The van der Waals surface area contributed by atoms with Crippen LogP contribution in [-0.2, 0) is 16.2 Å². The third-order valence-corrected chi connectivity index (χ3v) is 4.22. The Labute approximate surface area is 133 Å². The molecule has 0 saturated heterocycles. The van der Waals surface area contributed by atoms with Crippen LogP contribution in [0, 0.1) is 12.0 Å². The highest BCUT2D eigenvalue weighted by molar-refractivity contribution is 5.88. The van der Waals surface area contributed by atoms with Crippen molar-refractivity contribution in [1.29, 1.82) is 0 Å². The summed E-state index contributed by atoms with van der Waals surface area (Å²) in [4.78, 5) is 22.2. The Bertz CT molecular complexity index is 452. The van der Waals surface area contributed by atoms with E-state index < -0.39 is 5.97 Å². The highest BCUT2D eigenvalue weighted by Gasteiger charge is 2.23. The van der Waals surface area contributed by atoms with E-state index in [0.717, 1.165) is 31.8 Å². The number of unbranched alkanes of at least 4 members (excludes halogenated alkanes) is 2. The normalized spacial score (nSPS) is 19.1. The first-order valence-electron chi connectivity index (χ1n) is 8.51. The maximum absolute atomic E-state index is 12.0. The molecule has 1 aromatic rings. The van der Waals surface area contributed by atoms with Crippen LogP contribution < -0.4 is 0 Å². The summed E-state index contributed by atoms with van der Waals surface area (Å²) >= 11 is 0. The van der Waals surface area contributed by atoms with Crippen molar-refractivity contribution in [3.8, 4) is 0 Å². The van der Waals surface area contributed by atoms with Crippen LogP contribution in [0.2, 0.25) is 0 Å². The van der Waals surface area contributed by atoms with Gasteiger partial charge in [-0.1, -0.05) is 51.7 Å². The van der Waals surface area contributed by atoms with E-state index in [4.69, 9.17) is 9.78 Å². The van der Waals surface area contributed by atoms with Gasteiger partial charge in [0.1, 0.15) is 6.10 Å². The highest BCUT2D eigenvalue weighted by atomic mass is 17.2. The molecule has 1 fully saturated rings. The van der Waals surface area contributed by atoms with Crippen LogP contribution in [0.4, 0.5) is 0 Å². The van der Waals surface area contributed by atoms with Gasteiger partial charge < -0.3 is 0 Å². The average Bonchev–Trinajstić information content (AvgIpc) is 2.54.